The first-order chi connectivity index (χ1) is 7.42. The molecule has 0 saturated carbocycles. The maximum absolute atomic E-state index is 5.77. The van der Waals surface area contributed by atoms with Gasteiger partial charge in [-0.05, 0) is 6.04 Å². The summed E-state index contributed by atoms with van der Waals surface area (Å²) in [6, 6.07) is 1.63. The number of imidazole rings is 1. The molecule has 0 bridgehead atoms. The Kier molecular flexibility index (Phi) is 4.82. The van der Waals surface area contributed by atoms with E-state index in [2.05, 4.69) is 24.6 Å². The van der Waals surface area contributed by atoms with Crippen molar-refractivity contribution in [3.63, 3.8) is 0 Å². The van der Waals surface area contributed by atoms with E-state index in [-0.39, 0.29) is 0 Å². The summed E-state index contributed by atoms with van der Waals surface area (Å²) in [5, 5.41) is 0.422. The molecule has 1 aromatic heterocycles. The van der Waals surface area contributed by atoms with Gasteiger partial charge in [-0.3, -0.25) is 4.57 Å². The van der Waals surface area contributed by atoms with E-state index >= 15 is 0 Å². The molecule has 92 valence electrons. The molecule has 0 radical (unpaired) electrons. The van der Waals surface area contributed by atoms with Gasteiger partial charge in [-0.25, -0.2) is 0 Å². The van der Waals surface area contributed by atoms with Crippen LogP contribution in [0.5, 0.6) is 6.01 Å². The molecule has 0 atom stereocenters. The van der Waals surface area contributed by atoms with Crippen LogP contribution in [0.3, 0.4) is 0 Å². The minimum absolute atomic E-state index is 0.422. The fraction of sp³-hybridized carbons (Fsp3) is 0.700. The molecule has 1 rings (SSSR count). The minimum atomic E-state index is -1.02. The summed E-state index contributed by atoms with van der Waals surface area (Å²) in [7, 11) is 0.547. The van der Waals surface area contributed by atoms with Crippen LogP contribution in [-0.2, 0) is 11.5 Å². The highest BCUT2D eigenvalue weighted by atomic mass is 35.5. The molecule has 6 heteroatoms. The Morgan fingerprint density at radius 2 is 2.12 bits per heavy atom. The van der Waals surface area contributed by atoms with E-state index in [0.29, 0.717) is 17.9 Å². The van der Waals surface area contributed by atoms with Gasteiger partial charge in [0.05, 0.1) is 7.11 Å². The van der Waals surface area contributed by atoms with Gasteiger partial charge in [0.1, 0.15) is 6.73 Å². The van der Waals surface area contributed by atoms with Gasteiger partial charge in [0.2, 0.25) is 0 Å². The zero-order valence-electron chi connectivity index (χ0n) is 10.3. The summed E-state index contributed by atoms with van der Waals surface area (Å²) in [4.78, 5) is 3.99. The highest BCUT2D eigenvalue weighted by molar-refractivity contribution is 6.76. The summed E-state index contributed by atoms with van der Waals surface area (Å²) >= 11 is 5.77. The van der Waals surface area contributed by atoms with Crippen LogP contribution in [0.15, 0.2) is 6.20 Å². The summed E-state index contributed by atoms with van der Waals surface area (Å²) < 4.78 is 12.4. The Bertz CT molecular complexity index is 336. The maximum Gasteiger partial charge on any atom is 0.299 e. The van der Waals surface area contributed by atoms with Gasteiger partial charge >= 0.3 is 0 Å². The predicted molar refractivity (Wildman–Crippen MR) is 67.9 cm³/mol. The second-order valence-corrected chi connectivity index (χ2v) is 10.9. The third-order valence-electron chi connectivity index (χ3n) is 2.12. The van der Waals surface area contributed by atoms with E-state index in [0.717, 1.165) is 12.7 Å². The number of ether oxygens (including phenoxy) is 2. The molecule has 0 N–H and O–H groups in total. The summed E-state index contributed by atoms with van der Waals surface area (Å²) in [5.41, 5.74) is 0. The Hall–Kier alpha value is -0.523. The first-order valence-corrected chi connectivity index (χ1v) is 9.35. The van der Waals surface area contributed by atoms with E-state index in [1.807, 2.05) is 0 Å². The Morgan fingerprint density at radius 3 is 2.69 bits per heavy atom. The number of aromatic nitrogens is 2. The van der Waals surface area contributed by atoms with E-state index in [1.165, 1.54) is 0 Å². The lowest BCUT2D eigenvalue weighted by atomic mass is 10.8. The van der Waals surface area contributed by atoms with Crippen molar-refractivity contribution in [2.75, 3.05) is 13.7 Å². The summed E-state index contributed by atoms with van der Waals surface area (Å²) in [6.07, 6.45) is 1.70. The zero-order chi connectivity index (χ0) is 12.2. The number of halogens is 1. The van der Waals surface area contributed by atoms with Gasteiger partial charge in [0.25, 0.3) is 6.01 Å². The molecule has 0 unspecified atom stereocenters. The molecule has 0 fully saturated rings. The Morgan fingerprint density at radius 1 is 1.44 bits per heavy atom. The van der Waals surface area contributed by atoms with E-state index < -0.39 is 8.07 Å². The number of methoxy groups -OCH3 is 1. The number of rotatable bonds is 6. The lowest BCUT2D eigenvalue weighted by Crippen LogP contribution is -2.22. The second kappa shape index (κ2) is 5.70. The van der Waals surface area contributed by atoms with Crippen molar-refractivity contribution in [2.45, 2.75) is 32.4 Å². The molecule has 0 aliphatic heterocycles. The number of hydrogen-bond acceptors (Lipinski definition) is 3. The smallest absolute Gasteiger partial charge is 0.299 e. The molecular weight excluding hydrogens is 244 g/mol. The van der Waals surface area contributed by atoms with E-state index in [4.69, 9.17) is 21.1 Å². The topological polar surface area (TPSA) is 36.3 Å². The van der Waals surface area contributed by atoms with Crippen molar-refractivity contribution in [3.05, 3.63) is 11.3 Å². The largest absolute Gasteiger partial charge is 0.468 e. The van der Waals surface area contributed by atoms with Crippen LogP contribution in [0.2, 0.25) is 30.8 Å². The lowest BCUT2D eigenvalue weighted by molar-refractivity contribution is 0.0809. The van der Waals surface area contributed by atoms with Gasteiger partial charge in [-0.15, -0.1) is 0 Å². The van der Waals surface area contributed by atoms with Gasteiger partial charge in [0, 0.05) is 20.9 Å². The number of hydrogen-bond donors (Lipinski definition) is 0. The normalized spacial score (nSPS) is 11.8. The molecule has 0 amide bonds. The first kappa shape index (κ1) is 13.5. The number of nitrogens with zero attached hydrogens (tertiary/aromatic N) is 2. The van der Waals surface area contributed by atoms with Gasteiger partial charge < -0.3 is 9.47 Å². The molecule has 1 heterocycles. The molecule has 1 aromatic rings. The van der Waals surface area contributed by atoms with Crippen molar-refractivity contribution in [1.29, 1.82) is 0 Å². The first-order valence-electron chi connectivity index (χ1n) is 5.27. The van der Waals surface area contributed by atoms with Gasteiger partial charge in [-0.2, -0.15) is 4.98 Å². The standard InChI is InChI=1S/C10H19ClN2O2Si/c1-14-10-12-9(11)7-13(10)8-15-5-6-16(2,3)4/h7H,5-6,8H2,1-4H3. The molecule has 0 aliphatic carbocycles. The molecule has 0 aromatic carbocycles. The maximum atomic E-state index is 5.77. The van der Waals surface area contributed by atoms with Crippen LogP contribution in [0.1, 0.15) is 0 Å². The highest BCUT2D eigenvalue weighted by Crippen LogP contribution is 2.15. The monoisotopic (exact) mass is 262 g/mol. The molecule has 16 heavy (non-hydrogen) atoms. The fourth-order valence-corrected chi connectivity index (χ4v) is 2.11. The van der Waals surface area contributed by atoms with Gasteiger partial charge in [0.15, 0.2) is 5.15 Å². The average molecular weight is 263 g/mol. The highest BCUT2D eigenvalue weighted by Gasteiger charge is 2.12. The quantitative estimate of drug-likeness (QED) is 0.584. The predicted octanol–water partition coefficient (Wildman–Crippen LogP) is 2.86. The second-order valence-electron chi connectivity index (χ2n) is 4.87. The molecule has 0 saturated heterocycles. The van der Waals surface area contributed by atoms with Crippen molar-refractivity contribution >= 4 is 19.7 Å². The Labute approximate surface area is 103 Å². The third kappa shape index (κ3) is 4.55. The van der Waals surface area contributed by atoms with Crippen LogP contribution >= 0.6 is 11.6 Å². The van der Waals surface area contributed by atoms with Crippen molar-refractivity contribution in [1.82, 2.24) is 9.55 Å². The van der Waals surface area contributed by atoms with Crippen molar-refractivity contribution < 1.29 is 9.47 Å². The summed E-state index contributed by atoms with van der Waals surface area (Å²) in [6.45, 7) is 8.18. The van der Waals surface area contributed by atoms with E-state index in [9.17, 15) is 0 Å². The van der Waals surface area contributed by atoms with Crippen LogP contribution in [0.25, 0.3) is 0 Å². The van der Waals surface area contributed by atoms with Crippen LogP contribution < -0.4 is 4.74 Å². The molecule has 0 aliphatic rings. The fourth-order valence-electron chi connectivity index (χ4n) is 1.16. The lowest BCUT2D eigenvalue weighted by Gasteiger charge is -2.15. The molecule has 0 spiro atoms. The molecular formula is C10H19ClN2O2Si. The Balaban J connectivity index is 2.37. The third-order valence-corrected chi connectivity index (χ3v) is 4.01. The zero-order valence-corrected chi connectivity index (χ0v) is 12.0. The minimum Gasteiger partial charge on any atom is -0.468 e. The van der Waals surface area contributed by atoms with Crippen LogP contribution in [0.4, 0.5) is 0 Å². The average Bonchev–Trinajstić information content (AvgIpc) is 2.52. The van der Waals surface area contributed by atoms with Crippen molar-refractivity contribution in [3.8, 4) is 6.01 Å². The summed E-state index contributed by atoms with van der Waals surface area (Å²) in [5.74, 6) is 0. The van der Waals surface area contributed by atoms with Gasteiger partial charge in [-0.1, -0.05) is 31.2 Å². The SMILES string of the molecule is COc1nc(Cl)cn1COCC[Si](C)(C)C. The van der Waals surface area contributed by atoms with Crippen LogP contribution in [0, 0.1) is 0 Å². The van der Waals surface area contributed by atoms with Crippen LogP contribution in [-0.4, -0.2) is 31.3 Å². The molecule has 4 nitrogen and oxygen atoms in total. The van der Waals surface area contributed by atoms with E-state index in [1.54, 1.807) is 17.9 Å². The van der Waals surface area contributed by atoms with Crippen molar-refractivity contribution in [2.24, 2.45) is 0 Å².